The Bertz CT molecular complexity index is 871. The highest BCUT2D eigenvalue weighted by Crippen LogP contribution is 2.17. The second-order valence-electron chi connectivity index (χ2n) is 7.04. The van der Waals surface area contributed by atoms with E-state index in [4.69, 9.17) is 0 Å². The third kappa shape index (κ3) is 6.60. The summed E-state index contributed by atoms with van der Waals surface area (Å²) in [6.07, 6.45) is 1.78. The van der Waals surface area contributed by atoms with Crippen molar-refractivity contribution in [3.63, 3.8) is 0 Å². The highest BCUT2D eigenvalue weighted by atomic mass is 127. The lowest BCUT2D eigenvalue weighted by molar-refractivity contribution is 0.559. The summed E-state index contributed by atoms with van der Waals surface area (Å²) < 4.78 is 23.7. The van der Waals surface area contributed by atoms with Gasteiger partial charge in [0.1, 0.15) is 0 Å². The first-order chi connectivity index (χ1) is 12.2. The first-order valence-corrected chi connectivity index (χ1v) is 10.5. The molecule has 0 aliphatic carbocycles. The topological polar surface area (TPSA) is 83.4 Å². The average Bonchev–Trinajstić information content (AvgIpc) is 2.58. The Kier molecular flexibility index (Phi) is 8.93. The van der Waals surface area contributed by atoms with Crippen molar-refractivity contribution in [2.75, 3.05) is 18.8 Å². The molecule has 150 valence electrons. The molecule has 0 unspecified atom stereocenters. The van der Waals surface area contributed by atoms with Gasteiger partial charge in [0.25, 0.3) is 0 Å². The predicted molar refractivity (Wildman–Crippen MR) is 124 cm³/mol. The van der Waals surface area contributed by atoms with Crippen molar-refractivity contribution in [2.24, 2.45) is 4.99 Å². The molecule has 0 saturated heterocycles. The summed E-state index contributed by atoms with van der Waals surface area (Å²) in [5.41, 5.74) is 2.02. The molecule has 0 fully saturated rings. The van der Waals surface area contributed by atoms with Crippen LogP contribution < -0.4 is 10.6 Å². The van der Waals surface area contributed by atoms with Crippen molar-refractivity contribution in [1.29, 1.82) is 0 Å². The van der Waals surface area contributed by atoms with Gasteiger partial charge in [0, 0.05) is 24.7 Å². The zero-order valence-corrected chi connectivity index (χ0v) is 19.5. The fourth-order valence-corrected chi connectivity index (χ4v) is 3.39. The van der Waals surface area contributed by atoms with Gasteiger partial charge in [0.05, 0.1) is 22.6 Å². The van der Waals surface area contributed by atoms with Gasteiger partial charge in [0.2, 0.25) is 0 Å². The van der Waals surface area contributed by atoms with E-state index in [-0.39, 0.29) is 29.7 Å². The lowest BCUT2D eigenvalue weighted by Gasteiger charge is -2.19. The monoisotopic (exact) mass is 504 g/mol. The molecule has 0 aliphatic heterocycles. The molecule has 6 nitrogen and oxygen atoms in total. The molecule has 1 heterocycles. The molecule has 2 rings (SSSR count). The van der Waals surface area contributed by atoms with Crippen molar-refractivity contribution in [2.45, 2.75) is 39.0 Å². The lowest BCUT2D eigenvalue weighted by atomic mass is 10.1. The lowest BCUT2D eigenvalue weighted by Crippen LogP contribution is -2.41. The van der Waals surface area contributed by atoms with Crippen LogP contribution >= 0.6 is 24.0 Å². The molecule has 1 aromatic heterocycles. The Morgan fingerprint density at radius 3 is 2.52 bits per heavy atom. The number of hydrogen-bond donors (Lipinski definition) is 2. The van der Waals surface area contributed by atoms with E-state index in [1.54, 1.807) is 27.0 Å². The number of rotatable bonds is 6. The summed E-state index contributed by atoms with van der Waals surface area (Å²) in [5.74, 6) is 0.677. The molecule has 0 bridgehead atoms. The number of benzene rings is 1. The molecule has 0 aliphatic rings. The molecule has 1 aromatic carbocycles. The Balaban J connectivity index is 0.00000364. The third-order valence-electron chi connectivity index (χ3n) is 4.09. The van der Waals surface area contributed by atoms with E-state index >= 15 is 0 Å². The average molecular weight is 504 g/mol. The summed E-state index contributed by atoms with van der Waals surface area (Å²) >= 11 is 0. The highest BCUT2D eigenvalue weighted by Gasteiger charge is 2.28. The van der Waals surface area contributed by atoms with Crippen molar-refractivity contribution < 1.29 is 8.42 Å². The van der Waals surface area contributed by atoms with Crippen LogP contribution in [0.4, 0.5) is 0 Å². The van der Waals surface area contributed by atoms with Gasteiger partial charge < -0.3 is 10.6 Å². The number of nitrogens with one attached hydrogen (secondary N) is 2. The largest absolute Gasteiger partial charge is 0.357 e. The number of para-hydroxylation sites is 1. The molecule has 8 heteroatoms. The maximum absolute atomic E-state index is 12.2. The minimum Gasteiger partial charge on any atom is -0.357 e. The molecule has 2 aromatic rings. The van der Waals surface area contributed by atoms with Crippen LogP contribution in [0.3, 0.4) is 0 Å². The maximum Gasteiger partial charge on any atom is 0.191 e. The number of pyridine rings is 1. The number of nitrogens with zero attached hydrogens (tertiary/aromatic N) is 2. The first kappa shape index (κ1) is 23.6. The normalized spacial score (nSPS) is 12.5. The van der Waals surface area contributed by atoms with Gasteiger partial charge in [-0.05, 0) is 45.4 Å². The van der Waals surface area contributed by atoms with Crippen molar-refractivity contribution in [3.8, 4) is 0 Å². The fraction of sp³-hybridized carbons (Fsp3) is 0.474. The maximum atomic E-state index is 12.2. The van der Waals surface area contributed by atoms with E-state index in [9.17, 15) is 8.42 Å². The molecule has 2 N–H and O–H groups in total. The van der Waals surface area contributed by atoms with Gasteiger partial charge in [-0.1, -0.05) is 18.2 Å². The van der Waals surface area contributed by atoms with Crippen molar-refractivity contribution >= 4 is 50.7 Å². The summed E-state index contributed by atoms with van der Waals surface area (Å²) in [5, 5.41) is 7.34. The van der Waals surface area contributed by atoms with E-state index in [0.29, 0.717) is 25.6 Å². The molecule has 27 heavy (non-hydrogen) atoms. The number of sulfone groups is 1. The van der Waals surface area contributed by atoms with Gasteiger partial charge >= 0.3 is 0 Å². The minimum absolute atomic E-state index is 0. The highest BCUT2D eigenvalue weighted by molar-refractivity contribution is 14.0. The van der Waals surface area contributed by atoms with Crippen LogP contribution in [0.2, 0.25) is 0 Å². The number of fused-ring (bicyclic) bond motifs is 1. The number of aliphatic imine (C=N–C) groups is 1. The van der Waals surface area contributed by atoms with E-state index < -0.39 is 14.6 Å². The molecular formula is C19H29IN4O2S. The Morgan fingerprint density at radius 2 is 1.85 bits per heavy atom. The van der Waals surface area contributed by atoms with Gasteiger partial charge in [-0.15, -0.1) is 24.0 Å². The fourth-order valence-electron chi connectivity index (χ4n) is 2.41. The summed E-state index contributed by atoms with van der Waals surface area (Å²) in [6, 6.07) is 9.91. The SMILES string of the molecule is CCNC(=NCc1ccnc2ccccc12)NCCS(=O)(=O)C(C)(C)C.I. The van der Waals surface area contributed by atoms with E-state index in [0.717, 1.165) is 16.5 Å². The number of halogens is 1. The standard InChI is InChI=1S/C19H28N4O2S.HI/c1-5-20-18(22-12-13-26(24,25)19(2,3)4)23-14-15-10-11-21-17-9-7-6-8-16(15)17;/h6-11H,5,12-14H2,1-4H3,(H2,20,22,23);1H. The second kappa shape index (κ2) is 10.2. The molecule has 0 atom stereocenters. The van der Waals surface area contributed by atoms with Crippen molar-refractivity contribution in [3.05, 3.63) is 42.1 Å². The third-order valence-corrected chi connectivity index (χ3v) is 6.69. The van der Waals surface area contributed by atoms with Crippen LogP contribution in [0.5, 0.6) is 0 Å². The number of aromatic nitrogens is 1. The van der Waals surface area contributed by atoms with Crippen LogP contribution in [0.15, 0.2) is 41.5 Å². The number of guanidine groups is 1. The van der Waals surface area contributed by atoms with Crippen LogP contribution in [-0.4, -0.2) is 43.0 Å². The van der Waals surface area contributed by atoms with Crippen molar-refractivity contribution in [1.82, 2.24) is 15.6 Å². The first-order valence-electron chi connectivity index (χ1n) is 8.81. The van der Waals surface area contributed by atoms with E-state index in [2.05, 4.69) is 20.6 Å². The molecule has 0 saturated carbocycles. The van der Waals surface area contributed by atoms with Crippen LogP contribution in [0, 0.1) is 0 Å². The quantitative estimate of drug-likeness (QED) is 0.359. The summed E-state index contributed by atoms with van der Waals surface area (Å²) in [7, 11) is -3.16. The van der Waals surface area contributed by atoms with Crippen LogP contribution in [-0.2, 0) is 16.4 Å². The van der Waals surface area contributed by atoms with E-state index in [1.807, 2.05) is 37.3 Å². The molecule has 0 radical (unpaired) electrons. The summed E-state index contributed by atoms with van der Waals surface area (Å²) in [6.45, 7) is 8.65. The van der Waals surface area contributed by atoms with Crippen LogP contribution in [0.1, 0.15) is 33.3 Å². The number of hydrogen-bond acceptors (Lipinski definition) is 4. The van der Waals surface area contributed by atoms with Gasteiger partial charge in [-0.2, -0.15) is 0 Å². The smallest absolute Gasteiger partial charge is 0.191 e. The Morgan fingerprint density at radius 1 is 1.15 bits per heavy atom. The van der Waals surface area contributed by atoms with Gasteiger partial charge in [0.15, 0.2) is 15.8 Å². The molecule has 0 amide bonds. The second-order valence-corrected chi connectivity index (χ2v) is 9.90. The van der Waals surface area contributed by atoms with E-state index in [1.165, 1.54) is 0 Å². The summed E-state index contributed by atoms with van der Waals surface area (Å²) in [4.78, 5) is 8.95. The zero-order chi connectivity index (χ0) is 19.2. The minimum atomic E-state index is -3.16. The predicted octanol–water partition coefficient (Wildman–Crippen LogP) is 3.12. The van der Waals surface area contributed by atoms with Gasteiger partial charge in [-0.25, -0.2) is 13.4 Å². The van der Waals surface area contributed by atoms with Crippen LogP contribution in [0.25, 0.3) is 10.9 Å². The molecule has 0 spiro atoms. The zero-order valence-electron chi connectivity index (χ0n) is 16.3. The van der Waals surface area contributed by atoms with Gasteiger partial charge in [-0.3, -0.25) is 4.98 Å². The Hall–Kier alpha value is -1.42. The Labute approximate surface area is 179 Å². The molecular weight excluding hydrogens is 475 g/mol.